The van der Waals surface area contributed by atoms with Crippen LogP contribution in [-0.4, -0.2) is 54.4 Å². The van der Waals surface area contributed by atoms with Gasteiger partial charge in [-0.25, -0.2) is 4.39 Å². The van der Waals surface area contributed by atoms with Crippen LogP contribution in [0.2, 0.25) is 0 Å². The van der Waals surface area contributed by atoms with Gasteiger partial charge in [0.05, 0.1) is 20.8 Å². The molecule has 2 aromatic rings. The average molecular weight is 361 g/mol. The topological polar surface area (TPSA) is 73.8 Å². The normalized spacial score (nSPS) is 16.9. The summed E-state index contributed by atoms with van der Waals surface area (Å²) < 4.78 is 29.5. The van der Waals surface area contributed by atoms with Crippen molar-refractivity contribution in [3.05, 3.63) is 41.7 Å². The van der Waals surface area contributed by atoms with Crippen LogP contribution in [0, 0.1) is 5.82 Å². The minimum atomic E-state index is -0.559. The second-order valence-corrected chi connectivity index (χ2v) is 5.90. The number of benzene rings is 1. The van der Waals surface area contributed by atoms with E-state index in [0.29, 0.717) is 24.8 Å². The first-order chi connectivity index (χ1) is 12.6. The minimum Gasteiger partial charge on any atom is -0.494 e. The molecule has 2 heterocycles. The van der Waals surface area contributed by atoms with E-state index in [1.165, 1.54) is 26.4 Å². The maximum atomic E-state index is 13.9. The number of likely N-dealkylation sites (tertiary alicyclic amines) is 1. The van der Waals surface area contributed by atoms with Gasteiger partial charge >= 0.3 is 0 Å². The number of nitrogens with zero attached hydrogens (tertiary/aromatic N) is 3. The van der Waals surface area contributed by atoms with Crippen molar-refractivity contribution in [2.75, 3.05) is 27.3 Å². The standard InChI is InChI=1S/C18H20FN3O4/c1-24-15-6-5-12(10-14(15)19)18(23)22-9-3-4-13(11-22)26-17-8-7-16(25-2)20-21-17/h5-8,10,13H,3-4,9,11H2,1-2H3. The van der Waals surface area contributed by atoms with E-state index in [2.05, 4.69) is 10.2 Å². The number of carbonyl (C=O) groups excluding carboxylic acids is 1. The molecule has 0 bridgehead atoms. The van der Waals surface area contributed by atoms with Gasteiger partial charge in [0.15, 0.2) is 11.6 Å². The third-order valence-electron chi connectivity index (χ3n) is 4.18. The van der Waals surface area contributed by atoms with Crippen LogP contribution in [0.15, 0.2) is 30.3 Å². The van der Waals surface area contributed by atoms with Crippen LogP contribution in [-0.2, 0) is 0 Å². The first-order valence-corrected chi connectivity index (χ1v) is 8.28. The maximum Gasteiger partial charge on any atom is 0.254 e. The van der Waals surface area contributed by atoms with Crippen molar-refractivity contribution in [1.29, 1.82) is 0 Å². The van der Waals surface area contributed by atoms with Crippen LogP contribution >= 0.6 is 0 Å². The highest BCUT2D eigenvalue weighted by Crippen LogP contribution is 2.22. The molecule has 8 heteroatoms. The van der Waals surface area contributed by atoms with Gasteiger partial charge < -0.3 is 19.1 Å². The first kappa shape index (κ1) is 17.9. The van der Waals surface area contributed by atoms with Crippen molar-refractivity contribution in [2.24, 2.45) is 0 Å². The zero-order valence-electron chi connectivity index (χ0n) is 14.6. The third-order valence-corrected chi connectivity index (χ3v) is 4.18. The van der Waals surface area contributed by atoms with Gasteiger partial charge in [0.1, 0.15) is 6.10 Å². The molecule has 3 rings (SSSR count). The number of methoxy groups -OCH3 is 2. The quantitative estimate of drug-likeness (QED) is 0.814. The number of piperidine rings is 1. The fourth-order valence-electron chi connectivity index (χ4n) is 2.85. The zero-order chi connectivity index (χ0) is 18.5. The number of amides is 1. The molecule has 0 radical (unpaired) electrons. The number of aromatic nitrogens is 2. The van der Waals surface area contributed by atoms with Crippen LogP contribution in [0.5, 0.6) is 17.5 Å². The van der Waals surface area contributed by atoms with Crippen LogP contribution in [0.1, 0.15) is 23.2 Å². The summed E-state index contributed by atoms with van der Waals surface area (Å²) in [5.41, 5.74) is 0.285. The molecule has 26 heavy (non-hydrogen) atoms. The van der Waals surface area contributed by atoms with Crippen LogP contribution in [0.4, 0.5) is 4.39 Å². The van der Waals surface area contributed by atoms with Gasteiger partial charge in [0.25, 0.3) is 5.91 Å². The molecule has 1 fully saturated rings. The van der Waals surface area contributed by atoms with E-state index in [0.717, 1.165) is 12.8 Å². The lowest BCUT2D eigenvalue weighted by atomic mass is 10.1. The average Bonchev–Trinajstić information content (AvgIpc) is 2.68. The van der Waals surface area contributed by atoms with E-state index in [9.17, 15) is 9.18 Å². The van der Waals surface area contributed by atoms with E-state index >= 15 is 0 Å². The molecule has 1 aromatic heterocycles. The molecule has 0 saturated carbocycles. The lowest BCUT2D eigenvalue weighted by Gasteiger charge is -2.32. The number of hydrogen-bond acceptors (Lipinski definition) is 6. The highest BCUT2D eigenvalue weighted by Gasteiger charge is 2.26. The fraction of sp³-hybridized carbons (Fsp3) is 0.389. The van der Waals surface area contributed by atoms with Gasteiger partial charge in [-0.2, -0.15) is 0 Å². The maximum absolute atomic E-state index is 13.9. The molecule has 1 saturated heterocycles. The number of hydrogen-bond donors (Lipinski definition) is 0. The Morgan fingerprint density at radius 1 is 1.15 bits per heavy atom. The zero-order valence-corrected chi connectivity index (χ0v) is 14.6. The van der Waals surface area contributed by atoms with E-state index in [-0.39, 0.29) is 23.3 Å². The van der Waals surface area contributed by atoms with Gasteiger partial charge in [-0.3, -0.25) is 4.79 Å². The molecular formula is C18H20FN3O4. The lowest BCUT2D eigenvalue weighted by molar-refractivity contribution is 0.0524. The number of rotatable bonds is 5. The minimum absolute atomic E-state index is 0.111. The van der Waals surface area contributed by atoms with Crippen LogP contribution < -0.4 is 14.2 Å². The lowest BCUT2D eigenvalue weighted by Crippen LogP contribution is -2.44. The summed E-state index contributed by atoms with van der Waals surface area (Å²) in [5.74, 6) is 0.0942. The SMILES string of the molecule is COc1ccc(OC2CCCN(C(=O)c3ccc(OC)c(F)c3)C2)nn1. The Kier molecular flexibility index (Phi) is 5.50. The molecular weight excluding hydrogens is 341 g/mol. The van der Waals surface area contributed by atoms with Crippen molar-refractivity contribution in [2.45, 2.75) is 18.9 Å². The predicted molar refractivity (Wildman–Crippen MR) is 91.1 cm³/mol. The van der Waals surface area contributed by atoms with Gasteiger partial charge in [-0.1, -0.05) is 0 Å². The Hall–Kier alpha value is -2.90. The summed E-state index contributed by atoms with van der Waals surface area (Å²) in [6.07, 6.45) is 1.39. The summed E-state index contributed by atoms with van der Waals surface area (Å²) in [7, 11) is 2.89. The molecule has 1 atom stereocenters. The number of ether oxygens (including phenoxy) is 3. The predicted octanol–water partition coefficient (Wildman–Crippen LogP) is 2.32. The van der Waals surface area contributed by atoms with Gasteiger partial charge in [0, 0.05) is 24.2 Å². The molecule has 1 unspecified atom stereocenters. The fourth-order valence-corrected chi connectivity index (χ4v) is 2.85. The Morgan fingerprint density at radius 3 is 2.58 bits per heavy atom. The number of halogens is 1. The summed E-state index contributed by atoms with van der Waals surface area (Å²) in [5, 5.41) is 7.80. The number of carbonyl (C=O) groups is 1. The second kappa shape index (κ2) is 7.99. The third kappa shape index (κ3) is 4.01. The summed E-state index contributed by atoms with van der Waals surface area (Å²) in [4.78, 5) is 14.3. The Morgan fingerprint density at radius 2 is 1.92 bits per heavy atom. The molecule has 0 spiro atoms. The molecule has 1 aliphatic heterocycles. The molecule has 138 valence electrons. The van der Waals surface area contributed by atoms with Crippen molar-refractivity contribution in [3.8, 4) is 17.5 Å². The molecule has 0 aliphatic carbocycles. The monoisotopic (exact) mass is 361 g/mol. The van der Waals surface area contributed by atoms with Crippen molar-refractivity contribution >= 4 is 5.91 Å². The molecule has 1 aliphatic rings. The highest BCUT2D eigenvalue weighted by atomic mass is 19.1. The van der Waals surface area contributed by atoms with E-state index in [1.807, 2.05) is 0 Å². The second-order valence-electron chi connectivity index (χ2n) is 5.90. The van der Waals surface area contributed by atoms with E-state index < -0.39 is 5.82 Å². The van der Waals surface area contributed by atoms with Gasteiger partial charge in [0.2, 0.25) is 11.8 Å². The summed E-state index contributed by atoms with van der Waals surface area (Å²) in [6, 6.07) is 7.54. The van der Waals surface area contributed by atoms with Crippen LogP contribution in [0.25, 0.3) is 0 Å². The van der Waals surface area contributed by atoms with Crippen molar-refractivity contribution in [1.82, 2.24) is 15.1 Å². The van der Waals surface area contributed by atoms with E-state index in [1.54, 1.807) is 23.1 Å². The van der Waals surface area contributed by atoms with E-state index in [4.69, 9.17) is 14.2 Å². The Bertz CT molecular complexity index is 770. The van der Waals surface area contributed by atoms with Gasteiger partial charge in [-0.05, 0) is 31.0 Å². The van der Waals surface area contributed by atoms with Crippen LogP contribution in [0.3, 0.4) is 0 Å². The van der Waals surface area contributed by atoms with Gasteiger partial charge in [-0.15, -0.1) is 10.2 Å². The Labute approximate surface area is 150 Å². The molecule has 1 amide bonds. The first-order valence-electron chi connectivity index (χ1n) is 8.28. The summed E-state index contributed by atoms with van der Waals surface area (Å²) >= 11 is 0. The Balaban J connectivity index is 1.65. The molecule has 1 aromatic carbocycles. The van der Waals surface area contributed by atoms with Crippen molar-refractivity contribution in [3.63, 3.8) is 0 Å². The largest absolute Gasteiger partial charge is 0.494 e. The highest BCUT2D eigenvalue weighted by molar-refractivity contribution is 5.94. The van der Waals surface area contributed by atoms with Crippen molar-refractivity contribution < 1.29 is 23.4 Å². The molecule has 0 N–H and O–H groups in total. The summed E-state index contributed by atoms with van der Waals surface area (Å²) in [6.45, 7) is 1.00. The molecule has 7 nitrogen and oxygen atoms in total. The smallest absolute Gasteiger partial charge is 0.254 e.